The van der Waals surface area contributed by atoms with E-state index in [1.165, 1.54) is 12.8 Å². The number of ether oxygens (including phenoxy) is 1. The molecule has 0 saturated carbocycles. The van der Waals surface area contributed by atoms with Crippen molar-refractivity contribution < 1.29 is 9.53 Å². The van der Waals surface area contributed by atoms with Crippen LogP contribution in [0.25, 0.3) is 0 Å². The van der Waals surface area contributed by atoms with Crippen molar-refractivity contribution in [3.8, 4) is 0 Å². The zero-order chi connectivity index (χ0) is 11.6. The third kappa shape index (κ3) is 5.95. The van der Waals surface area contributed by atoms with Crippen molar-refractivity contribution in [1.82, 2.24) is 10.6 Å². The quantitative estimate of drug-likeness (QED) is 0.682. The van der Waals surface area contributed by atoms with Gasteiger partial charge in [0.1, 0.15) is 0 Å². The summed E-state index contributed by atoms with van der Waals surface area (Å²) >= 11 is 0. The molecule has 1 saturated heterocycles. The number of urea groups is 1. The van der Waals surface area contributed by atoms with E-state index >= 15 is 0 Å². The molecule has 0 spiro atoms. The van der Waals surface area contributed by atoms with Gasteiger partial charge in [-0.25, -0.2) is 4.79 Å². The van der Waals surface area contributed by atoms with Crippen molar-refractivity contribution in [3.63, 3.8) is 0 Å². The summed E-state index contributed by atoms with van der Waals surface area (Å²) in [7, 11) is 0. The fourth-order valence-electron chi connectivity index (χ4n) is 1.83. The van der Waals surface area contributed by atoms with Crippen LogP contribution in [0.5, 0.6) is 0 Å². The first-order chi connectivity index (χ1) is 7.83. The largest absolute Gasteiger partial charge is 0.381 e. The first kappa shape index (κ1) is 13.3. The van der Waals surface area contributed by atoms with Gasteiger partial charge >= 0.3 is 6.03 Å². The molecule has 2 N–H and O–H groups in total. The average molecular weight is 228 g/mol. The molecule has 0 aromatic carbocycles. The molecule has 1 aliphatic rings. The lowest BCUT2D eigenvalue weighted by atomic mass is 10.0. The summed E-state index contributed by atoms with van der Waals surface area (Å²) in [5, 5.41) is 5.80. The van der Waals surface area contributed by atoms with Gasteiger partial charge in [-0.2, -0.15) is 0 Å². The van der Waals surface area contributed by atoms with Crippen LogP contribution in [0.15, 0.2) is 0 Å². The maximum absolute atomic E-state index is 11.4. The van der Waals surface area contributed by atoms with Gasteiger partial charge in [-0.05, 0) is 25.2 Å². The summed E-state index contributed by atoms with van der Waals surface area (Å²) < 4.78 is 5.27. The Balaban J connectivity index is 1.96. The van der Waals surface area contributed by atoms with Crippen LogP contribution in [0, 0.1) is 5.92 Å². The molecule has 94 valence electrons. The van der Waals surface area contributed by atoms with E-state index in [1.54, 1.807) is 0 Å². The van der Waals surface area contributed by atoms with Gasteiger partial charge in [-0.3, -0.25) is 0 Å². The third-order valence-electron chi connectivity index (χ3n) is 2.96. The molecule has 0 unspecified atom stereocenters. The smallest absolute Gasteiger partial charge is 0.314 e. The second-order valence-electron chi connectivity index (χ2n) is 4.40. The first-order valence-electron chi connectivity index (χ1n) is 6.42. The molecule has 1 fully saturated rings. The van der Waals surface area contributed by atoms with E-state index < -0.39 is 0 Å². The van der Waals surface area contributed by atoms with Crippen LogP contribution in [0.1, 0.15) is 39.0 Å². The Kier molecular flexibility index (Phi) is 6.97. The Morgan fingerprint density at radius 2 is 2.00 bits per heavy atom. The molecule has 0 aliphatic carbocycles. The van der Waals surface area contributed by atoms with Crippen molar-refractivity contribution in [2.45, 2.75) is 39.0 Å². The first-order valence-corrected chi connectivity index (χ1v) is 6.42. The molecule has 0 aromatic rings. The van der Waals surface area contributed by atoms with E-state index in [0.717, 1.165) is 45.6 Å². The van der Waals surface area contributed by atoms with Crippen molar-refractivity contribution in [2.75, 3.05) is 26.3 Å². The highest BCUT2D eigenvalue weighted by Crippen LogP contribution is 2.12. The number of unbranched alkanes of at least 4 members (excludes halogenated alkanes) is 2. The lowest BCUT2D eigenvalue weighted by Crippen LogP contribution is -2.39. The van der Waals surface area contributed by atoms with Gasteiger partial charge in [0.25, 0.3) is 0 Å². The van der Waals surface area contributed by atoms with Gasteiger partial charge < -0.3 is 15.4 Å². The molecule has 0 aromatic heterocycles. The van der Waals surface area contributed by atoms with Crippen LogP contribution in [-0.4, -0.2) is 32.3 Å². The molecule has 0 radical (unpaired) electrons. The molecule has 0 atom stereocenters. The number of hydrogen-bond donors (Lipinski definition) is 2. The van der Waals surface area contributed by atoms with Crippen molar-refractivity contribution in [1.29, 1.82) is 0 Å². The van der Waals surface area contributed by atoms with Gasteiger partial charge in [0.15, 0.2) is 0 Å². The minimum Gasteiger partial charge on any atom is -0.381 e. The second kappa shape index (κ2) is 8.39. The Bertz CT molecular complexity index is 191. The molecular weight excluding hydrogens is 204 g/mol. The predicted molar refractivity (Wildman–Crippen MR) is 64.5 cm³/mol. The van der Waals surface area contributed by atoms with E-state index in [0.29, 0.717) is 5.92 Å². The SMILES string of the molecule is CCCCCNC(=O)NCC1CCOCC1. The minimum atomic E-state index is -0.0254. The maximum Gasteiger partial charge on any atom is 0.314 e. The van der Waals surface area contributed by atoms with Crippen molar-refractivity contribution in [3.05, 3.63) is 0 Å². The van der Waals surface area contributed by atoms with Crippen LogP contribution < -0.4 is 10.6 Å². The van der Waals surface area contributed by atoms with Crippen LogP contribution in [0.4, 0.5) is 4.79 Å². The summed E-state index contributed by atoms with van der Waals surface area (Å²) in [5.74, 6) is 0.593. The van der Waals surface area contributed by atoms with Gasteiger partial charge in [0, 0.05) is 26.3 Å². The Hall–Kier alpha value is -0.770. The molecular formula is C12H24N2O2. The molecule has 4 nitrogen and oxygen atoms in total. The number of amides is 2. The van der Waals surface area contributed by atoms with Gasteiger partial charge in [0.2, 0.25) is 0 Å². The Morgan fingerprint density at radius 3 is 2.69 bits per heavy atom. The van der Waals surface area contributed by atoms with Crippen molar-refractivity contribution in [2.24, 2.45) is 5.92 Å². The van der Waals surface area contributed by atoms with E-state index in [2.05, 4.69) is 17.6 Å². The van der Waals surface area contributed by atoms with E-state index in [9.17, 15) is 4.79 Å². The normalized spacial score (nSPS) is 17.1. The summed E-state index contributed by atoms with van der Waals surface area (Å²) in [5.41, 5.74) is 0. The lowest BCUT2D eigenvalue weighted by Gasteiger charge is -2.22. The van der Waals surface area contributed by atoms with Crippen LogP contribution in [-0.2, 0) is 4.74 Å². The molecule has 4 heteroatoms. The molecule has 2 amide bonds. The van der Waals surface area contributed by atoms with Crippen LogP contribution >= 0.6 is 0 Å². The van der Waals surface area contributed by atoms with E-state index in [4.69, 9.17) is 4.74 Å². The highest BCUT2D eigenvalue weighted by atomic mass is 16.5. The number of carbonyl (C=O) groups is 1. The average Bonchev–Trinajstić information content (AvgIpc) is 2.33. The Morgan fingerprint density at radius 1 is 1.25 bits per heavy atom. The fraction of sp³-hybridized carbons (Fsp3) is 0.917. The summed E-state index contributed by atoms with van der Waals surface area (Å²) in [6.07, 6.45) is 5.57. The summed E-state index contributed by atoms with van der Waals surface area (Å²) in [6, 6.07) is -0.0254. The zero-order valence-electron chi connectivity index (χ0n) is 10.3. The highest BCUT2D eigenvalue weighted by Gasteiger charge is 2.14. The van der Waals surface area contributed by atoms with E-state index in [1.807, 2.05) is 0 Å². The summed E-state index contributed by atoms with van der Waals surface area (Å²) in [6.45, 7) is 5.40. The van der Waals surface area contributed by atoms with Gasteiger partial charge in [-0.1, -0.05) is 19.8 Å². The number of nitrogens with one attached hydrogen (secondary N) is 2. The highest BCUT2D eigenvalue weighted by molar-refractivity contribution is 5.73. The number of carbonyl (C=O) groups excluding carboxylic acids is 1. The minimum absolute atomic E-state index is 0.0254. The number of hydrogen-bond acceptors (Lipinski definition) is 2. The van der Waals surface area contributed by atoms with Crippen LogP contribution in [0.2, 0.25) is 0 Å². The number of rotatable bonds is 6. The maximum atomic E-state index is 11.4. The predicted octanol–water partition coefficient (Wildman–Crippen LogP) is 1.90. The fourth-order valence-corrected chi connectivity index (χ4v) is 1.83. The molecule has 1 aliphatic heterocycles. The monoisotopic (exact) mass is 228 g/mol. The topological polar surface area (TPSA) is 50.4 Å². The summed E-state index contributed by atoms with van der Waals surface area (Å²) in [4.78, 5) is 11.4. The second-order valence-corrected chi connectivity index (χ2v) is 4.40. The lowest BCUT2D eigenvalue weighted by molar-refractivity contribution is 0.0669. The van der Waals surface area contributed by atoms with Crippen LogP contribution in [0.3, 0.4) is 0 Å². The van der Waals surface area contributed by atoms with Gasteiger partial charge in [-0.15, -0.1) is 0 Å². The molecule has 0 bridgehead atoms. The van der Waals surface area contributed by atoms with E-state index in [-0.39, 0.29) is 6.03 Å². The molecule has 1 heterocycles. The molecule has 1 rings (SSSR count). The standard InChI is InChI=1S/C12H24N2O2/c1-2-3-4-7-13-12(15)14-10-11-5-8-16-9-6-11/h11H,2-10H2,1H3,(H2,13,14,15). The Labute approximate surface area is 98.1 Å². The van der Waals surface area contributed by atoms with Crippen molar-refractivity contribution >= 4 is 6.03 Å². The third-order valence-corrected chi connectivity index (χ3v) is 2.96. The molecule has 16 heavy (non-hydrogen) atoms. The zero-order valence-corrected chi connectivity index (χ0v) is 10.3. The van der Waals surface area contributed by atoms with Gasteiger partial charge in [0.05, 0.1) is 0 Å².